The van der Waals surface area contributed by atoms with Gasteiger partial charge in [0.25, 0.3) is 0 Å². The van der Waals surface area contributed by atoms with E-state index in [9.17, 15) is 9.59 Å². The van der Waals surface area contributed by atoms with Crippen LogP contribution in [0.2, 0.25) is 0 Å². The van der Waals surface area contributed by atoms with Crippen LogP contribution in [-0.2, 0) is 4.79 Å². The number of amides is 3. The Kier molecular flexibility index (Phi) is 7.32. The summed E-state index contributed by atoms with van der Waals surface area (Å²) in [6.07, 6.45) is 5.25. The molecule has 2 aromatic rings. The van der Waals surface area contributed by atoms with Gasteiger partial charge in [0.15, 0.2) is 11.5 Å². The number of hydrogen-bond donors (Lipinski definition) is 3. The lowest BCUT2D eigenvalue weighted by Gasteiger charge is -2.11. The first-order valence-corrected chi connectivity index (χ1v) is 10.1. The highest BCUT2D eigenvalue weighted by Gasteiger charge is 2.23. The minimum atomic E-state index is -0.256. The molecule has 1 fully saturated rings. The number of nitrogens with one attached hydrogen (secondary N) is 3. The number of carbonyl (C=O) groups is 2. The topological polar surface area (TPSA) is 88.7 Å². The van der Waals surface area contributed by atoms with Gasteiger partial charge in [-0.2, -0.15) is 0 Å². The summed E-state index contributed by atoms with van der Waals surface area (Å²) >= 11 is 0. The highest BCUT2D eigenvalue weighted by Crippen LogP contribution is 2.29. The van der Waals surface area contributed by atoms with Crippen LogP contribution in [0, 0.1) is 0 Å². The summed E-state index contributed by atoms with van der Waals surface area (Å²) in [7, 11) is 0. The van der Waals surface area contributed by atoms with E-state index in [1.54, 1.807) is 30.3 Å². The quantitative estimate of drug-likeness (QED) is 0.535. The van der Waals surface area contributed by atoms with Crippen LogP contribution in [0.5, 0.6) is 11.5 Å². The predicted octanol–water partition coefficient (Wildman–Crippen LogP) is 4.42. The van der Waals surface area contributed by atoms with Gasteiger partial charge in [-0.15, -0.1) is 0 Å². The van der Waals surface area contributed by atoms with E-state index in [0.29, 0.717) is 42.1 Å². The molecule has 0 heterocycles. The first kappa shape index (κ1) is 21.2. The third-order valence-corrected chi connectivity index (χ3v) is 4.32. The van der Waals surface area contributed by atoms with E-state index < -0.39 is 0 Å². The number of benzene rings is 2. The normalized spacial score (nSPS) is 13.0. The van der Waals surface area contributed by atoms with Gasteiger partial charge >= 0.3 is 6.03 Å². The number of urea groups is 1. The van der Waals surface area contributed by atoms with Gasteiger partial charge in [0, 0.05) is 23.5 Å². The van der Waals surface area contributed by atoms with Crippen molar-refractivity contribution in [1.29, 1.82) is 0 Å². The number of anilines is 2. The van der Waals surface area contributed by atoms with Crippen LogP contribution in [0.15, 0.2) is 48.5 Å². The zero-order valence-corrected chi connectivity index (χ0v) is 17.2. The summed E-state index contributed by atoms with van der Waals surface area (Å²) in [4.78, 5) is 24.0. The highest BCUT2D eigenvalue weighted by atomic mass is 16.5. The first-order chi connectivity index (χ1) is 14.6. The molecule has 0 radical (unpaired) electrons. The molecule has 0 spiro atoms. The molecule has 3 rings (SSSR count). The second-order valence-electron chi connectivity index (χ2n) is 6.84. The predicted molar refractivity (Wildman–Crippen MR) is 118 cm³/mol. The van der Waals surface area contributed by atoms with Gasteiger partial charge in [-0.1, -0.05) is 6.07 Å². The number of ether oxygens (including phenoxy) is 2. The standard InChI is InChI=1S/C23H27N3O4/c1-3-29-20-13-5-16(15-21(20)30-4-2)6-14-22(27)24-17-7-9-18(10-8-17)25-23(28)26-19-11-12-19/h5-10,13-15,19H,3-4,11-12H2,1-2H3,(H,24,27)(H2,25,26,28)/b14-6+. The van der Waals surface area contributed by atoms with E-state index >= 15 is 0 Å². The molecule has 0 bridgehead atoms. The zero-order chi connectivity index (χ0) is 21.3. The van der Waals surface area contributed by atoms with Crippen LogP contribution in [0.4, 0.5) is 16.2 Å². The number of carbonyl (C=O) groups excluding carboxylic acids is 2. The maximum atomic E-state index is 12.2. The maximum Gasteiger partial charge on any atom is 0.319 e. The van der Waals surface area contributed by atoms with Crippen molar-refractivity contribution in [1.82, 2.24) is 5.32 Å². The van der Waals surface area contributed by atoms with Crippen molar-refractivity contribution in [3.8, 4) is 11.5 Å². The second-order valence-corrected chi connectivity index (χ2v) is 6.84. The molecule has 0 aromatic heterocycles. The van der Waals surface area contributed by atoms with Crippen LogP contribution < -0.4 is 25.4 Å². The van der Waals surface area contributed by atoms with E-state index in [2.05, 4.69) is 16.0 Å². The molecular formula is C23H27N3O4. The second kappa shape index (κ2) is 10.3. The lowest BCUT2D eigenvalue weighted by atomic mass is 10.2. The smallest absolute Gasteiger partial charge is 0.319 e. The van der Waals surface area contributed by atoms with Crippen LogP contribution >= 0.6 is 0 Å². The molecule has 158 valence electrons. The van der Waals surface area contributed by atoms with Gasteiger partial charge in [0.2, 0.25) is 5.91 Å². The Labute approximate surface area is 176 Å². The Hall–Kier alpha value is -3.48. The SMILES string of the molecule is CCOc1ccc(/C=C/C(=O)Nc2ccc(NC(=O)NC3CC3)cc2)cc1OCC. The van der Waals surface area contributed by atoms with Crippen LogP contribution in [0.3, 0.4) is 0 Å². The summed E-state index contributed by atoms with van der Waals surface area (Å²) in [5, 5.41) is 8.43. The third-order valence-electron chi connectivity index (χ3n) is 4.32. The van der Waals surface area contributed by atoms with Gasteiger partial charge in [-0.25, -0.2) is 4.79 Å². The van der Waals surface area contributed by atoms with Gasteiger partial charge in [0.05, 0.1) is 13.2 Å². The van der Waals surface area contributed by atoms with Crippen molar-refractivity contribution in [2.75, 3.05) is 23.8 Å². The molecule has 0 aliphatic heterocycles. The van der Waals surface area contributed by atoms with E-state index in [4.69, 9.17) is 9.47 Å². The molecule has 0 saturated heterocycles. The van der Waals surface area contributed by atoms with Gasteiger partial charge in [-0.05, 0) is 74.7 Å². The Morgan fingerprint density at radius 2 is 1.57 bits per heavy atom. The molecule has 3 amide bonds. The molecule has 7 heteroatoms. The fourth-order valence-electron chi connectivity index (χ4n) is 2.74. The third kappa shape index (κ3) is 6.55. The van der Waals surface area contributed by atoms with Gasteiger partial charge < -0.3 is 25.4 Å². The lowest BCUT2D eigenvalue weighted by molar-refractivity contribution is -0.111. The first-order valence-electron chi connectivity index (χ1n) is 10.1. The monoisotopic (exact) mass is 409 g/mol. The summed E-state index contributed by atoms with van der Waals surface area (Å²) in [6, 6.07) is 12.6. The maximum absolute atomic E-state index is 12.2. The molecule has 30 heavy (non-hydrogen) atoms. The Bertz CT molecular complexity index is 905. The molecule has 1 aliphatic rings. The minimum absolute atomic E-state index is 0.209. The van der Waals surface area contributed by atoms with Crippen molar-refractivity contribution in [3.63, 3.8) is 0 Å². The minimum Gasteiger partial charge on any atom is -0.490 e. The lowest BCUT2D eigenvalue weighted by Crippen LogP contribution is -2.30. The summed E-state index contributed by atoms with van der Waals surface area (Å²) in [6.45, 7) is 4.91. The number of rotatable bonds is 9. The van der Waals surface area contributed by atoms with Crippen LogP contribution in [0.25, 0.3) is 6.08 Å². The number of hydrogen-bond acceptors (Lipinski definition) is 4. The van der Waals surface area contributed by atoms with E-state index in [-0.39, 0.29) is 11.9 Å². The highest BCUT2D eigenvalue weighted by molar-refractivity contribution is 6.02. The van der Waals surface area contributed by atoms with Gasteiger partial charge in [-0.3, -0.25) is 4.79 Å². The molecule has 7 nitrogen and oxygen atoms in total. The Morgan fingerprint density at radius 3 is 2.20 bits per heavy atom. The molecular weight excluding hydrogens is 382 g/mol. The van der Waals surface area contributed by atoms with Crippen molar-refractivity contribution in [2.45, 2.75) is 32.7 Å². The van der Waals surface area contributed by atoms with Crippen LogP contribution in [0.1, 0.15) is 32.3 Å². The fraction of sp³-hybridized carbons (Fsp3) is 0.304. The molecule has 1 saturated carbocycles. The van der Waals surface area contributed by atoms with Gasteiger partial charge in [0.1, 0.15) is 0 Å². The molecule has 2 aromatic carbocycles. The summed E-state index contributed by atoms with van der Waals surface area (Å²) in [5.41, 5.74) is 2.14. The van der Waals surface area contributed by atoms with Crippen molar-refractivity contribution < 1.29 is 19.1 Å². The van der Waals surface area contributed by atoms with E-state index in [1.165, 1.54) is 6.08 Å². The zero-order valence-electron chi connectivity index (χ0n) is 17.2. The van der Waals surface area contributed by atoms with Crippen molar-refractivity contribution in [2.24, 2.45) is 0 Å². The summed E-state index contributed by atoms with van der Waals surface area (Å²) < 4.78 is 11.1. The van der Waals surface area contributed by atoms with Crippen molar-refractivity contribution in [3.05, 3.63) is 54.1 Å². The van der Waals surface area contributed by atoms with E-state index in [0.717, 1.165) is 18.4 Å². The molecule has 1 aliphatic carbocycles. The average Bonchev–Trinajstić information content (AvgIpc) is 3.54. The molecule has 0 atom stereocenters. The van der Waals surface area contributed by atoms with Crippen molar-refractivity contribution >= 4 is 29.4 Å². The molecule has 0 unspecified atom stereocenters. The fourth-order valence-corrected chi connectivity index (χ4v) is 2.74. The van der Waals surface area contributed by atoms with Crippen LogP contribution in [-0.4, -0.2) is 31.2 Å². The molecule has 3 N–H and O–H groups in total. The largest absolute Gasteiger partial charge is 0.490 e. The Morgan fingerprint density at radius 1 is 0.933 bits per heavy atom. The summed E-state index contributed by atoms with van der Waals surface area (Å²) in [5.74, 6) is 1.07. The Balaban J connectivity index is 1.54. The average molecular weight is 409 g/mol. The van der Waals surface area contributed by atoms with E-state index in [1.807, 2.05) is 32.0 Å².